The van der Waals surface area contributed by atoms with Crippen molar-refractivity contribution in [2.24, 2.45) is 11.8 Å². The normalized spacial score (nSPS) is 23.0. The van der Waals surface area contributed by atoms with Crippen LogP contribution in [0.4, 0.5) is 8.78 Å². The van der Waals surface area contributed by atoms with Crippen molar-refractivity contribution in [3.63, 3.8) is 0 Å². The lowest BCUT2D eigenvalue weighted by Crippen LogP contribution is -2.43. The van der Waals surface area contributed by atoms with Gasteiger partial charge in [-0.25, -0.2) is 8.78 Å². The highest BCUT2D eigenvalue weighted by Crippen LogP contribution is 2.37. The summed E-state index contributed by atoms with van der Waals surface area (Å²) in [6.45, 7) is 1.53. The number of halogens is 2. The number of nitrogens with zero attached hydrogens (tertiary/aromatic N) is 2. The van der Waals surface area contributed by atoms with Crippen LogP contribution in [-0.2, 0) is 11.2 Å². The summed E-state index contributed by atoms with van der Waals surface area (Å²) in [5, 5.41) is 0. The number of pyridine rings is 1. The Balaban J connectivity index is 1.46. The molecule has 0 aromatic carbocycles. The number of carbonyl (C=O) groups excluding carboxylic acids is 1. The first-order valence-electron chi connectivity index (χ1n) is 8.59. The summed E-state index contributed by atoms with van der Waals surface area (Å²) in [7, 11) is 0. The Morgan fingerprint density at radius 1 is 1.13 bits per heavy atom. The van der Waals surface area contributed by atoms with E-state index in [9.17, 15) is 13.6 Å². The maximum absolute atomic E-state index is 13.2. The minimum atomic E-state index is -2.56. The Bertz CT molecular complexity index is 517. The largest absolute Gasteiger partial charge is 0.342 e. The van der Waals surface area contributed by atoms with Crippen molar-refractivity contribution in [1.82, 2.24) is 9.88 Å². The summed E-state index contributed by atoms with van der Waals surface area (Å²) in [6, 6.07) is 4.08. The van der Waals surface area contributed by atoms with Crippen molar-refractivity contribution in [1.29, 1.82) is 0 Å². The second-order valence-corrected chi connectivity index (χ2v) is 6.96. The molecule has 1 aromatic heterocycles. The minimum absolute atomic E-state index is 0.0999. The minimum Gasteiger partial charge on any atom is -0.342 e. The molecule has 1 aliphatic carbocycles. The molecule has 1 saturated carbocycles. The molecule has 0 spiro atoms. The lowest BCUT2D eigenvalue weighted by atomic mass is 9.84. The molecule has 1 aromatic rings. The third-order valence-electron chi connectivity index (χ3n) is 5.27. The molecule has 3 rings (SSSR count). The summed E-state index contributed by atoms with van der Waals surface area (Å²) < 4.78 is 26.4. The van der Waals surface area contributed by atoms with Crippen molar-refractivity contribution in [2.45, 2.75) is 50.9 Å². The summed E-state index contributed by atoms with van der Waals surface area (Å²) >= 11 is 0. The van der Waals surface area contributed by atoms with Gasteiger partial charge >= 0.3 is 0 Å². The number of piperidine rings is 1. The van der Waals surface area contributed by atoms with Crippen LogP contribution in [-0.4, -0.2) is 34.8 Å². The van der Waals surface area contributed by atoms with E-state index in [2.05, 4.69) is 4.98 Å². The molecule has 3 nitrogen and oxygen atoms in total. The van der Waals surface area contributed by atoms with Gasteiger partial charge in [0.05, 0.1) is 0 Å². The fourth-order valence-corrected chi connectivity index (χ4v) is 3.75. The van der Waals surface area contributed by atoms with Gasteiger partial charge in [-0.2, -0.15) is 0 Å². The van der Waals surface area contributed by atoms with E-state index in [1.807, 2.05) is 29.4 Å². The van der Waals surface area contributed by atoms with Gasteiger partial charge in [-0.05, 0) is 55.7 Å². The maximum Gasteiger partial charge on any atom is 0.248 e. The molecule has 0 unspecified atom stereocenters. The van der Waals surface area contributed by atoms with Crippen LogP contribution >= 0.6 is 0 Å². The van der Waals surface area contributed by atoms with E-state index in [-0.39, 0.29) is 24.7 Å². The van der Waals surface area contributed by atoms with E-state index in [1.165, 1.54) is 5.56 Å². The third kappa shape index (κ3) is 4.27. The molecular weight excluding hydrogens is 298 g/mol. The monoisotopic (exact) mass is 322 g/mol. The van der Waals surface area contributed by atoms with Crippen molar-refractivity contribution < 1.29 is 13.6 Å². The van der Waals surface area contributed by atoms with Crippen LogP contribution in [0.5, 0.6) is 0 Å². The van der Waals surface area contributed by atoms with Crippen molar-refractivity contribution in [2.75, 3.05) is 13.1 Å². The lowest BCUT2D eigenvalue weighted by molar-refractivity contribution is -0.141. The summed E-state index contributed by atoms with van der Waals surface area (Å²) in [4.78, 5) is 18.4. The zero-order valence-corrected chi connectivity index (χ0v) is 13.4. The van der Waals surface area contributed by atoms with E-state index in [4.69, 9.17) is 0 Å². The molecule has 0 bridgehead atoms. The predicted molar refractivity (Wildman–Crippen MR) is 84.2 cm³/mol. The van der Waals surface area contributed by atoms with Gasteiger partial charge in [0.25, 0.3) is 0 Å². The summed E-state index contributed by atoms with van der Waals surface area (Å²) in [5.41, 5.74) is 1.29. The van der Waals surface area contributed by atoms with Crippen LogP contribution in [0.25, 0.3) is 0 Å². The smallest absolute Gasteiger partial charge is 0.248 e. The zero-order chi connectivity index (χ0) is 16.3. The standard InChI is InChI=1S/C18H24F2N2O/c19-18(20)7-1-16(2-8-18)17(23)22-11-5-15(6-12-22)13-14-3-9-21-10-4-14/h3-4,9-10,15-16H,1-2,5-8,11-13H2. The van der Waals surface area contributed by atoms with Crippen molar-refractivity contribution >= 4 is 5.91 Å². The van der Waals surface area contributed by atoms with E-state index in [0.717, 1.165) is 32.4 Å². The molecule has 23 heavy (non-hydrogen) atoms. The SMILES string of the molecule is O=C(C1CCC(F)(F)CC1)N1CCC(Cc2ccncc2)CC1. The molecule has 0 radical (unpaired) electrons. The van der Waals surface area contributed by atoms with Crippen molar-refractivity contribution in [3.05, 3.63) is 30.1 Å². The van der Waals surface area contributed by atoms with Gasteiger partial charge in [0.2, 0.25) is 11.8 Å². The fourth-order valence-electron chi connectivity index (χ4n) is 3.75. The number of likely N-dealkylation sites (tertiary alicyclic amines) is 1. The Labute approximate surface area is 136 Å². The van der Waals surface area contributed by atoms with Gasteiger partial charge < -0.3 is 4.90 Å². The molecule has 126 valence electrons. The van der Waals surface area contributed by atoms with Crippen LogP contribution in [0.3, 0.4) is 0 Å². The van der Waals surface area contributed by atoms with E-state index in [0.29, 0.717) is 18.8 Å². The summed E-state index contributed by atoms with van der Waals surface area (Å²) in [6.07, 6.45) is 7.04. The van der Waals surface area contributed by atoms with Gasteiger partial charge in [0.15, 0.2) is 0 Å². The van der Waals surface area contributed by atoms with Crippen LogP contribution < -0.4 is 0 Å². The molecule has 1 saturated heterocycles. The van der Waals surface area contributed by atoms with E-state index in [1.54, 1.807) is 0 Å². The van der Waals surface area contributed by atoms with Crippen LogP contribution in [0, 0.1) is 11.8 Å². The number of carbonyl (C=O) groups is 1. The number of hydrogen-bond acceptors (Lipinski definition) is 2. The topological polar surface area (TPSA) is 33.2 Å². The first kappa shape index (κ1) is 16.3. The van der Waals surface area contributed by atoms with Crippen LogP contribution in [0.1, 0.15) is 44.1 Å². The van der Waals surface area contributed by atoms with E-state index < -0.39 is 5.92 Å². The second-order valence-electron chi connectivity index (χ2n) is 6.96. The molecule has 0 atom stereocenters. The lowest BCUT2D eigenvalue weighted by Gasteiger charge is -2.36. The highest BCUT2D eigenvalue weighted by molar-refractivity contribution is 5.79. The number of amides is 1. The highest BCUT2D eigenvalue weighted by Gasteiger charge is 2.39. The Kier molecular flexibility index (Phi) is 4.93. The van der Waals surface area contributed by atoms with E-state index >= 15 is 0 Å². The molecule has 5 heteroatoms. The van der Waals surface area contributed by atoms with Gasteiger partial charge in [0.1, 0.15) is 0 Å². The molecule has 2 heterocycles. The first-order valence-corrected chi connectivity index (χ1v) is 8.59. The van der Waals surface area contributed by atoms with Crippen LogP contribution in [0.15, 0.2) is 24.5 Å². The Morgan fingerprint density at radius 3 is 2.35 bits per heavy atom. The molecule has 2 aliphatic rings. The highest BCUT2D eigenvalue weighted by atomic mass is 19.3. The summed E-state index contributed by atoms with van der Waals surface area (Å²) in [5.74, 6) is -2.06. The van der Waals surface area contributed by atoms with Gasteiger partial charge in [-0.1, -0.05) is 0 Å². The maximum atomic E-state index is 13.2. The second kappa shape index (κ2) is 6.93. The van der Waals surface area contributed by atoms with Crippen LogP contribution in [0.2, 0.25) is 0 Å². The predicted octanol–water partition coefficient (Wildman–Crippen LogP) is 3.69. The molecule has 1 amide bonds. The molecular formula is C18H24F2N2O. The van der Waals surface area contributed by atoms with Gasteiger partial charge in [-0.15, -0.1) is 0 Å². The number of hydrogen-bond donors (Lipinski definition) is 0. The Morgan fingerprint density at radius 2 is 1.74 bits per heavy atom. The molecule has 2 fully saturated rings. The fraction of sp³-hybridized carbons (Fsp3) is 0.667. The molecule has 1 aliphatic heterocycles. The average Bonchev–Trinajstić information content (AvgIpc) is 2.56. The average molecular weight is 322 g/mol. The number of aromatic nitrogens is 1. The third-order valence-corrected chi connectivity index (χ3v) is 5.27. The zero-order valence-electron chi connectivity index (χ0n) is 13.4. The van der Waals surface area contributed by atoms with Gasteiger partial charge in [-0.3, -0.25) is 9.78 Å². The van der Waals surface area contributed by atoms with Gasteiger partial charge in [0, 0.05) is 44.2 Å². The quantitative estimate of drug-likeness (QED) is 0.850. The number of alkyl halides is 2. The Hall–Kier alpha value is -1.52. The van der Waals surface area contributed by atoms with Crippen molar-refractivity contribution in [3.8, 4) is 0 Å². The number of rotatable bonds is 3. The first-order chi connectivity index (χ1) is 11.0. The molecule has 0 N–H and O–H groups in total.